The minimum absolute atomic E-state index is 0.0341. The Balaban J connectivity index is 0.000000868. The molecule has 1 N–H and O–H groups in total. The Hall–Kier alpha value is -3.42. The monoisotopic (exact) mass is 461 g/mol. The van der Waals surface area contributed by atoms with E-state index in [-0.39, 0.29) is 11.6 Å². The van der Waals surface area contributed by atoms with E-state index in [9.17, 15) is 4.79 Å². The Morgan fingerprint density at radius 3 is 2.53 bits per heavy atom. The summed E-state index contributed by atoms with van der Waals surface area (Å²) in [6.07, 6.45) is 8.83. The fourth-order valence-electron chi connectivity index (χ4n) is 3.96. The summed E-state index contributed by atoms with van der Waals surface area (Å²) >= 11 is 0. The molecule has 0 unspecified atom stereocenters. The molecule has 0 radical (unpaired) electrons. The molecule has 0 atom stereocenters. The van der Waals surface area contributed by atoms with E-state index in [1.807, 2.05) is 6.33 Å². The Kier molecular flexibility index (Phi) is 6.86. The number of carbonyl (C=O) groups excluding carboxylic acids is 1. The third kappa shape index (κ3) is 4.90. The minimum atomic E-state index is -0.259. The third-order valence-corrected chi connectivity index (χ3v) is 6.14. The third-order valence-electron chi connectivity index (χ3n) is 6.14. The number of rotatable bonds is 6. The van der Waals surface area contributed by atoms with E-state index < -0.39 is 0 Å². The van der Waals surface area contributed by atoms with Crippen molar-refractivity contribution in [2.24, 2.45) is 0 Å². The van der Waals surface area contributed by atoms with Gasteiger partial charge in [0.2, 0.25) is 5.95 Å². The fourth-order valence-corrected chi connectivity index (χ4v) is 3.96. The molecule has 5 rings (SSSR count). The molecule has 3 aromatic rings. The van der Waals surface area contributed by atoms with E-state index >= 15 is 0 Å². The molecule has 1 aromatic carbocycles. The normalized spacial score (nSPS) is 16.5. The highest BCUT2D eigenvalue weighted by Crippen LogP contribution is 2.47. The Morgan fingerprint density at radius 2 is 1.88 bits per heavy atom. The van der Waals surface area contributed by atoms with Crippen LogP contribution in [0.25, 0.3) is 5.69 Å². The van der Waals surface area contributed by atoms with Crippen LogP contribution < -0.4 is 10.2 Å². The van der Waals surface area contributed by atoms with Gasteiger partial charge in [-0.25, -0.2) is 14.8 Å². The van der Waals surface area contributed by atoms with Gasteiger partial charge in [0, 0.05) is 38.2 Å². The highest BCUT2D eigenvalue weighted by Gasteiger charge is 2.47. The van der Waals surface area contributed by atoms with E-state index in [1.54, 1.807) is 29.1 Å². The molecule has 2 amide bonds. The van der Waals surface area contributed by atoms with E-state index in [0.717, 1.165) is 24.2 Å². The number of carbonyl (C=O) groups is 1. The zero-order valence-electron chi connectivity index (χ0n) is 20.8. The van der Waals surface area contributed by atoms with Gasteiger partial charge in [0.15, 0.2) is 0 Å². The lowest BCUT2D eigenvalue weighted by Gasteiger charge is -2.18. The second-order valence-corrected chi connectivity index (χ2v) is 9.42. The maximum absolute atomic E-state index is 12.3. The number of hydrogen-bond acceptors (Lipinski definition) is 5. The Morgan fingerprint density at radius 1 is 1.12 bits per heavy atom. The van der Waals surface area contributed by atoms with Gasteiger partial charge in [0.1, 0.15) is 5.82 Å². The zero-order chi connectivity index (χ0) is 24.3. The summed E-state index contributed by atoms with van der Waals surface area (Å²) in [5.74, 6) is 1.62. The number of aromatic nitrogens is 4. The lowest BCUT2D eigenvalue weighted by Crippen LogP contribution is -2.30. The Bertz CT molecular complexity index is 1140. The summed E-state index contributed by atoms with van der Waals surface area (Å²) in [7, 11) is 1.80. The molecule has 8 heteroatoms. The highest BCUT2D eigenvalue weighted by molar-refractivity contribution is 5.93. The van der Waals surface area contributed by atoms with E-state index in [2.05, 4.69) is 78.0 Å². The van der Waals surface area contributed by atoms with Crippen LogP contribution in [0.4, 0.5) is 16.6 Å². The second-order valence-electron chi connectivity index (χ2n) is 9.42. The molecule has 0 bridgehead atoms. The van der Waals surface area contributed by atoms with Crippen molar-refractivity contribution in [2.75, 3.05) is 30.4 Å². The van der Waals surface area contributed by atoms with Crippen molar-refractivity contribution in [2.45, 2.75) is 58.4 Å². The number of anilines is 2. The largest absolute Gasteiger partial charge is 0.343 e. The van der Waals surface area contributed by atoms with Crippen molar-refractivity contribution in [1.29, 1.82) is 0 Å². The molecule has 2 aromatic heterocycles. The first-order valence-electron chi connectivity index (χ1n) is 12.2. The zero-order valence-corrected chi connectivity index (χ0v) is 20.8. The topological polar surface area (TPSA) is 79.2 Å². The Labute approximate surface area is 202 Å². The average Bonchev–Trinajstić information content (AvgIpc) is 3.28. The van der Waals surface area contributed by atoms with Crippen molar-refractivity contribution < 1.29 is 4.79 Å². The van der Waals surface area contributed by atoms with Crippen LogP contribution in [0.15, 0.2) is 49.1 Å². The van der Waals surface area contributed by atoms with Crippen molar-refractivity contribution in [3.8, 4) is 5.69 Å². The maximum Gasteiger partial charge on any atom is 0.325 e. The van der Waals surface area contributed by atoms with E-state index in [4.69, 9.17) is 4.98 Å². The van der Waals surface area contributed by atoms with Gasteiger partial charge in [-0.15, -0.1) is 0 Å². The lowest BCUT2D eigenvalue weighted by atomic mass is 10.0. The smallest absolute Gasteiger partial charge is 0.325 e. The van der Waals surface area contributed by atoms with Gasteiger partial charge in [-0.1, -0.05) is 46.2 Å². The number of amides is 2. The van der Waals surface area contributed by atoms with Gasteiger partial charge in [-0.2, -0.15) is 4.98 Å². The number of nitrogens with zero attached hydrogens (tertiary/aromatic N) is 6. The summed E-state index contributed by atoms with van der Waals surface area (Å²) in [4.78, 5) is 29.4. The first kappa shape index (κ1) is 23.7. The maximum atomic E-state index is 12.3. The van der Waals surface area contributed by atoms with E-state index in [1.165, 1.54) is 12.0 Å². The minimum Gasteiger partial charge on any atom is -0.343 e. The molecule has 0 spiro atoms. The van der Waals surface area contributed by atoms with Gasteiger partial charge in [0.25, 0.3) is 0 Å². The van der Waals surface area contributed by atoms with Gasteiger partial charge in [0.05, 0.1) is 17.6 Å². The standard InChI is InChI=1S/C23H27N7O.C3H8/c1-16(2)17-5-4-6-18(13-17)29-14-19(25-15-29)23(8-9-23)27-21-24-10-7-20(26-21)30-12-11-28(3)22(30)31;1-3-2/h4-7,10,13-16H,8-9,11-12H2,1-3H3,(H,24,26,27);3H2,1-2H3. The second kappa shape index (κ2) is 9.83. The molecule has 1 saturated heterocycles. The predicted molar refractivity (Wildman–Crippen MR) is 136 cm³/mol. The fraction of sp³-hybridized carbons (Fsp3) is 0.462. The number of likely N-dealkylation sites (N-methyl/N-ethyl adjacent to an activating group) is 1. The van der Waals surface area contributed by atoms with Crippen LogP contribution in [-0.4, -0.2) is 50.6 Å². The van der Waals surface area contributed by atoms with Crippen molar-refractivity contribution in [1.82, 2.24) is 24.4 Å². The van der Waals surface area contributed by atoms with Gasteiger partial charge >= 0.3 is 6.03 Å². The molecule has 3 heterocycles. The number of hydrogen-bond donors (Lipinski definition) is 1. The van der Waals surface area contributed by atoms with Crippen molar-refractivity contribution in [3.63, 3.8) is 0 Å². The first-order valence-corrected chi connectivity index (χ1v) is 12.2. The van der Waals surface area contributed by atoms with Gasteiger partial charge in [-0.05, 0) is 42.5 Å². The summed E-state index contributed by atoms with van der Waals surface area (Å²) in [5.41, 5.74) is 3.13. The molecule has 8 nitrogen and oxygen atoms in total. The molecular weight excluding hydrogens is 426 g/mol. The average molecular weight is 462 g/mol. The summed E-state index contributed by atoms with van der Waals surface area (Å²) in [6.45, 7) is 9.98. The molecule has 2 aliphatic rings. The van der Waals surface area contributed by atoms with Gasteiger partial charge < -0.3 is 14.8 Å². The van der Waals surface area contributed by atoms with Crippen LogP contribution >= 0.6 is 0 Å². The number of imidazole rings is 1. The summed E-state index contributed by atoms with van der Waals surface area (Å²) in [6, 6.07) is 10.3. The first-order chi connectivity index (χ1) is 16.4. The quantitative estimate of drug-likeness (QED) is 0.547. The highest BCUT2D eigenvalue weighted by atomic mass is 16.2. The van der Waals surface area contributed by atoms with Gasteiger partial charge in [-0.3, -0.25) is 4.90 Å². The molecule has 34 heavy (non-hydrogen) atoms. The lowest BCUT2D eigenvalue weighted by molar-refractivity contribution is 0.229. The molecule has 1 aliphatic carbocycles. The van der Waals surface area contributed by atoms with Crippen LogP contribution in [0.5, 0.6) is 0 Å². The summed E-state index contributed by atoms with van der Waals surface area (Å²) in [5, 5.41) is 3.48. The number of benzene rings is 1. The molecule has 180 valence electrons. The van der Waals surface area contributed by atoms with Crippen LogP contribution in [0.1, 0.15) is 64.1 Å². The SMILES string of the molecule is CC(C)c1cccc(-n2cnc(C3(Nc4nccc(N5CCN(C)C5=O)n4)CC3)c2)c1.CCC. The van der Waals surface area contributed by atoms with Crippen LogP contribution in [0.3, 0.4) is 0 Å². The molecule has 1 saturated carbocycles. The predicted octanol–water partition coefficient (Wildman–Crippen LogP) is 5.18. The molecule has 1 aliphatic heterocycles. The summed E-state index contributed by atoms with van der Waals surface area (Å²) < 4.78 is 2.07. The molecular formula is C26H35N7O. The molecule has 2 fully saturated rings. The van der Waals surface area contributed by atoms with E-state index in [0.29, 0.717) is 30.8 Å². The van der Waals surface area contributed by atoms with Crippen LogP contribution in [-0.2, 0) is 5.54 Å². The number of nitrogens with one attached hydrogen (secondary N) is 1. The van der Waals surface area contributed by atoms with Crippen LogP contribution in [0, 0.1) is 0 Å². The van der Waals surface area contributed by atoms with Crippen molar-refractivity contribution >= 4 is 17.8 Å². The number of urea groups is 1. The van der Waals surface area contributed by atoms with Crippen molar-refractivity contribution in [3.05, 3.63) is 60.3 Å². The van der Waals surface area contributed by atoms with Crippen LogP contribution in [0.2, 0.25) is 0 Å².